The molecule has 1 aromatic heterocycles. The Bertz CT molecular complexity index is 533. The average Bonchev–Trinajstić information content (AvgIpc) is 2.84. The Labute approximate surface area is 106 Å². The van der Waals surface area contributed by atoms with Gasteiger partial charge in [0.05, 0.1) is 13.2 Å². The number of nitrogens with zero attached hydrogens (tertiary/aromatic N) is 2. The van der Waals surface area contributed by atoms with Crippen LogP contribution in [0.2, 0.25) is 0 Å². The second-order valence-electron chi connectivity index (χ2n) is 4.02. The van der Waals surface area contributed by atoms with Gasteiger partial charge in [-0.15, -0.1) is 0 Å². The number of carbonyl (C=O) groups excluding carboxylic acids is 1. The van der Waals surface area contributed by atoms with Crippen molar-refractivity contribution in [1.29, 1.82) is 0 Å². The van der Waals surface area contributed by atoms with Gasteiger partial charge in [0.15, 0.2) is 5.78 Å². The summed E-state index contributed by atoms with van der Waals surface area (Å²) in [6.45, 7) is 4.71. The Hall–Kier alpha value is -2.10. The molecular weight excluding hydrogens is 228 g/mol. The standard InChI is InChI=1S/C14H16N2O2/c1-3-18-14-6-5-12(11(2)17)9-13(14)10-16-8-4-7-15-16/h4-9H,3,10H2,1-2H3. The van der Waals surface area contributed by atoms with Crippen molar-refractivity contribution in [2.24, 2.45) is 0 Å². The molecule has 18 heavy (non-hydrogen) atoms. The van der Waals surface area contributed by atoms with Crippen LogP contribution in [0.5, 0.6) is 5.75 Å². The third-order valence-electron chi connectivity index (χ3n) is 2.66. The number of benzene rings is 1. The smallest absolute Gasteiger partial charge is 0.159 e. The summed E-state index contributed by atoms with van der Waals surface area (Å²) in [6, 6.07) is 7.38. The van der Waals surface area contributed by atoms with Crippen LogP contribution >= 0.6 is 0 Å². The monoisotopic (exact) mass is 244 g/mol. The van der Waals surface area contributed by atoms with E-state index in [2.05, 4.69) is 5.10 Å². The Morgan fingerprint density at radius 2 is 2.28 bits per heavy atom. The molecule has 2 rings (SSSR count). The first-order valence-corrected chi connectivity index (χ1v) is 5.94. The number of ether oxygens (including phenoxy) is 1. The summed E-state index contributed by atoms with van der Waals surface area (Å²) in [5, 5.41) is 4.16. The van der Waals surface area contributed by atoms with Gasteiger partial charge in [-0.1, -0.05) is 0 Å². The minimum atomic E-state index is 0.0553. The molecule has 0 amide bonds. The summed E-state index contributed by atoms with van der Waals surface area (Å²) in [4.78, 5) is 11.4. The summed E-state index contributed by atoms with van der Waals surface area (Å²) in [5.74, 6) is 0.859. The normalized spacial score (nSPS) is 10.3. The van der Waals surface area contributed by atoms with Crippen molar-refractivity contribution < 1.29 is 9.53 Å². The van der Waals surface area contributed by atoms with Gasteiger partial charge in [0, 0.05) is 23.5 Å². The predicted molar refractivity (Wildman–Crippen MR) is 68.9 cm³/mol. The lowest BCUT2D eigenvalue weighted by molar-refractivity contribution is 0.101. The predicted octanol–water partition coefficient (Wildman–Crippen LogP) is 2.53. The fourth-order valence-corrected chi connectivity index (χ4v) is 1.79. The van der Waals surface area contributed by atoms with Crippen LogP contribution < -0.4 is 4.74 Å². The first-order chi connectivity index (χ1) is 8.70. The fraction of sp³-hybridized carbons (Fsp3) is 0.286. The van der Waals surface area contributed by atoms with E-state index in [1.807, 2.05) is 36.0 Å². The van der Waals surface area contributed by atoms with E-state index in [1.54, 1.807) is 19.2 Å². The van der Waals surface area contributed by atoms with E-state index < -0.39 is 0 Å². The van der Waals surface area contributed by atoms with Crippen molar-refractivity contribution in [2.45, 2.75) is 20.4 Å². The summed E-state index contributed by atoms with van der Waals surface area (Å²) in [7, 11) is 0. The van der Waals surface area contributed by atoms with E-state index in [-0.39, 0.29) is 5.78 Å². The maximum absolute atomic E-state index is 11.4. The van der Waals surface area contributed by atoms with E-state index in [0.717, 1.165) is 11.3 Å². The fourth-order valence-electron chi connectivity index (χ4n) is 1.79. The molecule has 0 fully saturated rings. The molecule has 0 N–H and O–H groups in total. The maximum Gasteiger partial charge on any atom is 0.159 e. The van der Waals surface area contributed by atoms with Gasteiger partial charge in [0.2, 0.25) is 0 Å². The first kappa shape index (κ1) is 12.4. The number of Topliss-reactive ketones (excluding diaryl/α,β-unsaturated/α-hetero) is 1. The summed E-state index contributed by atoms with van der Waals surface area (Å²) < 4.78 is 7.38. The highest BCUT2D eigenvalue weighted by Gasteiger charge is 2.08. The highest BCUT2D eigenvalue weighted by molar-refractivity contribution is 5.94. The Balaban J connectivity index is 2.34. The van der Waals surface area contributed by atoms with Crippen molar-refractivity contribution >= 4 is 5.78 Å². The van der Waals surface area contributed by atoms with Gasteiger partial charge >= 0.3 is 0 Å². The van der Waals surface area contributed by atoms with Gasteiger partial charge in [-0.25, -0.2) is 0 Å². The van der Waals surface area contributed by atoms with Gasteiger partial charge < -0.3 is 4.74 Å². The number of rotatable bonds is 5. The van der Waals surface area contributed by atoms with Crippen LogP contribution in [0.3, 0.4) is 0 Å². The molecule has 0 aliphatic rings. The molecule has 1 heterocycles. The average molecular weight is 244 g/mol. The molecule has 0 aliphatic carbocycles. The topological polar surface area (TPSA) is 44.1 Å². The highest BCUT2D eigenvalue weighted by atomic mass is 16.5. The molecule has 0 radical (unpaired) electrons. The van der Waals surface area contributed by atoms with Gasteiger partial charge in [-0.05, 0) is 38.1 Å². The molecule has 0 saturated heterocycles. The number of hydrogen-bond acceptors (Lipinski definition) is 3. The van der Waals surface area contributed by atoms with Gasteiger partial charge in [-0.2, -0.15) is 5.10 Å². The molecule has 0 spiro atoms. The van der Waals surface area contributed by atoms with E-state index in [9.17, 15) is 4.79 Å². The Morgan fingerprint density at radius 3 is 2.89 bits per heavy atom. The Morgan fingerprint density at radius 1 is 1.44 bits per heavy atom. The number of aromatic nitrogens is 2. The van der Waals surface area contributed by atoms with Crippen molar-refractivity contribution in [3.05, 3.63) is 47.8 Å². The summed E-state index contributed by atoms with van der Waals surface area (Å²) >= 11 is 0. The van der Waals surface area contributed by atoms with Gasteiger partial charge in [0.25, 0.3) is 0 Å². The summed E-state index contributed by atoms with van der Waals surface area (Å²) in [5.41, 5.74) is 1.66. The zero-order valence-electron chi connectivity index (χ0n) is 10.6. The third-order valence-corrected chi connectivity index (χ3v) is 2.66. The molecule has 1 aromatic carbocycles. The molecule has 0 bridgehead atoms. The molecule has 4 heteroatoms. The van der Waals surface area contributed by atoms with Crippen LogP contribution in [0.1, 0.15) is 29.8 Å². The van der Waals surface area contributed by atoms with Crippen molar-refractivity contribution in [2.75, 3.05) is 6.61 Å². The molecule has 0 atom stereocenters. The second kappa shape index (κ2) is 5.49. The van der Waals surface area contributed by atoms with E-state index in [1.165, 1.54) is 0 Å². The van der Waals surface area contributed by atoms with Crippen LogP contribution in [-0.4, -0.2) is 22.2 Å². The second-order valence-corrected chi connectivity index (χ2v) is 4.02. The molecule has 94 valence electrons. The largest absolute Gasteiger partial charge is 0.494 e. The number of ketones is 1. The highest BCUT2D eigenvalue weighted by Crippen LogP contribution is 2.21. The maximum atomic E-state index is 11.4. The minimum Gasteiger partial charge on any atom is -0.494 e. The first-order valence-electron chi connectivity index (χ1n) is 5.94. The van der Waals surface area contributed by atoms with E-state index >= 15 is 0 Å². The lowest BCUT2D eigenvalue weighted by atomic mass is 10.1. The lowest BCUT2D eigenvalue weighted by Crippen LogP contribution is -2.05. The Kier molecular flexibility index (Phi) is 3.77. The van der Waals surface area contributed by atoms with E-state index in [0.29, 0.717) is 18.7 Å². The number of hydrogen-bond donors (Lipinski definition) is 0. The van der Waals surface area contributed by atoms with Crippen LogP contribution in [0.4, 0.5) is 0 Å². The zero-order valence-corrected chi connectivity index (χ0v) is 10.6. The molecular formula is C14H16N2O2. The van der Waals surface area contributed by atoms with Crippen LogP contribution in [0.15, 0.2) is 36.7 Å². The quantitative estimate of drug-likeness (QED) is 0.759. The lowest BCUT2D eigenvalue weighted by Gasteiger charge is -2.11. The molecule has 0 saturated carbocycles. The van der Waals surface area contributed by atoms with Crippen LogP contribution in [0.25, 0.3) is 0 Å². The van der Waals surface area contributed by atoms with Crippen molar-refractivity contribution in [3.8, 4) is 5.75 Å². The van der Waals surface area contributed by atoms with Crippen molar-refractivity contribution in [3.63, 3.8) is 0 Å². The van der Waals surface area contributed by atoms with Gasteiger partial charge in [-0.3, -0.25) is 9.48 Å². The number of carbonyl (C=O) groups is 1. The SMILES string of the molecule is CCOc1ccc(C(C)=O)cc1Cn1cccn1. The van der Waals surface area contributed by atoms with E-state index in [4.69, 9.17) is 4.74 Å². The van der Waals surface area contributed by atoms with Crippen molar-refractivity contribution in [1.82, 2.24) is 9.78 Å². The zero-order chi connectivity index (χ0) is 13.0. The van der Waals surface area contributed by atoms with Gasteiger partial charge in [0.1, 0.15) is 5.75 Å². The van der Waals surface area contributed by atoms with Crippen LogP contribution in [0, 0.1) is 0 Å². The van der Waals surface area contributed by atoms with Crippen LogP contribution in [-0.2, 0) is 6.54 Å². The molecule has 4 nitrogen and oxygen atoms in total. The molecule has 2 aromatic rings. The third kappa shape index (κ3) is 2.77. The summed E-state index contributed by atoms with van der Waals surface area (Å²) in [6.07, 6.45) is 3.62. The minimum absolute atomic E-state index is 0.0553. The molecule has 0 aliphatic heterocycles. The molecule has 0 unspecified atom stereocenters.